The molecule has 1 amide bonds. The maximum absolute atomic E-state index is 13.0. The molecule has 3 aromatic rings. The van der Waals surface area contributed by atoms with Crippen molar-refractivity contribution < 1.29 is 43.1 Å². The van der Waals surface area contributed by atoms with E-state index >= 15 is 0 Å². The van der Waals surface area contributed by atoms with Gasteiger partial charge in [-0.3, -0.25) is 14.7 Å². The van der Waals surface area contributed by atoms with E-state index in [0.717, 1.165) is 44.7 Å². The summed E-state index contributed by atoms with van der Waals surface area (Å²) in [7, 11) is 0. The molecule has 2 saturated heterocycles. The highest BCUT2D eigenvalue weighted by Gasteiger charge is 2.61. The molecule has 0 spiro atoms. The number of piperazine rings is 1. The fourth-order valence-electron chi connectivity index (χ4n) is 10.7. The van der Waals surface area contributed by atoms with E-state index in [9.17, 15) is 38.4 Å². The Morgan fingerprint density at radius 1 is 1.02 bits per heavy atom. The fourth-order valence-corrected chi connectivity index (χ4v) is 10.7. The molecule has 2 aliphatic heterocycles. The van der Waals surface area contributed by atoms with Crippen LogP contribution in [0.4, 0.5) is 24.8 Å². The van der Waals surface area contributed by atoms with Crippen LogP contribution in [0.15, 0.2) is 42.7 Å². The normalized spacial score (nSPS) is 32.5. The number of ether oxygens (including phenoxy) is 1. The summed E-state index contributed by atoms with van der Waals surface area (Å²) in [6, 6.07) is 8.39. The highest BCUT2D eigenvalue weighted by atomic mass is 19.4. The van der Waals surface area contributed by atoms with Crippen molar-refractivity contribution >= 4 is 17.5 Å². The first kappa shape index (κ1) is 40.6. The summed E-state index contributed by atoms with van der Waals surface area (Å²) in [6.45, 7) is 5.43. The number of phenols is 1. The molecule has 2 aromatic heterocycles. The van der Waals surface area contributed by atoms with Gasteiger partial charge in [-0.1, -0.05) is 13.0 Å². The predicted molar refractivity (Wildman–Crippen MR) is 206 cm³/mol. The maximum Gasteiger partial charge on any atom is 0.434 e. The van der Waals surface area contributed by atoms with E-state index in [4.69, 9.17) is 4.74 Å². The number of fused-ring (bicyclic) bond motifs is 5. The second-order valence-corrected chi connectivity index (χ2v) is 17.1. The van der Waals surface area contributed by atoms with E-state index in [2.05, 4.69) is 53.6 Å². The number of halogens is 3. The Morgan fingerprint density at radius 3 is 2.59 bits per heavy atom. The zero-order chi connectivity index (χ0) is 40.8. The average Bonchev–Trinajstić information content (AvgIpc) is 3.49. The van der Waals surface area contributed by atoms with Crippen molar-refractivity contribution in [2.75, 3.05) is 56.1 Å². The molecule has 0 unspecified atom stereocenters. The van der Waals surface area contributed by atoms with Crippen LogP contribution in [-0.2, 0) is 17.3 Å². The molecule has 3 aliphatic carbocycles. The van der Waals surface area contributed by atoms with Crippen LogP contribution in [0.5, 0.6) is 5.75 Å². The van der Waals surface area contributed by atoms with Crippen LogP contribution < -0.4 is 15.5 Å². The van der Waals surface area contributed by atoms with Crippen LogP contribution in [0, 0.1) is 17.3 Å². The number of benzene rings is 1. The molecule has 4 fully saturated rings. The number of rotatable bonds is 10. The van der Waals surface area contributed by atoms with Gasteiger partial charge in [-0.15, -0.1) is 10.2 Å². The van der Waals surface area contributed by atoms with Gasteiger partial charge in [0.1, 0.15) is 23.8 Å². The Hall–Kier alpha value is -4.16. The van der Waals surface area contributed by atoms with Gasteiger partial charge in [0.25, 0.3) is 5.91 Å². The second kappa shape index (κ2) is 16.1. The van der Waals surface area contributed by atoms with Crippen molar-refractivity contribution in [1.82, 2.24) is 30.4 Å². The van der Waals surface area contributed by atoms with E-state index in [1.54, 1.807) is 12.1 Å². The van der Waals surface area contributed by atoms with Crippen molar-refractivity contribution in [3.8, 4) is 5.75 Å². The van der Waals surface area contributed by atoms with E-state index < -0.39 is 41.8 Å². The topological polar surface area (TPSA) is 189 Å². The zero-order valence-electron chi connectivity index (χ0n) is 32.6. The first-order valence-electron chi connectivity index (χ1n) is 20.5. The smallest absolute Gasteiger partial charge is 0.434 e. The molecule has 4 heterocycles. The quantitative estimate of drug-likeness (QED) is 0.164. The van der Waals surface area contributed by atoms with E-state index in [-0.39, 0.29) is 29.4 Å². The Bertz CT molecular complexity index is 1940. The molecule has 1 aromatic carbocycles. The summed E-state index contributed by atoms with van der Waals surface area (Å²) in [4.78, 5) is 24.2. The minimum absolute atomic E-state index is 0.0521. The molecule has 9 atom stereocenters. The number of carbonyl (C=O) groups is 1. The predicted octanol–water partition coefficient (Wildman–Crippen LogP) is 3.51. The van der Waals surface area contributed by atoms with E-state index in [0.29, 0.717) is 87.6 Å². The van der Waals surface area contributed by atoms with Crippen molar-refractivity contribution in [2.24, 2.45) is 17.3 Å². The van der Waals surface area contributed by atoms with Crippen molar-refractivity contribution in [3.63, 3.8) is 0 Å². The highest BCUT2D eigenvalue weighted by molar-refractivity contribution is 5.92. The van der Waals surface area contributed by atoms with Gasteiger partial charge in [-0.05, 0) is 110 Å². The molecule has 8 rings (SSSR count). The minimum atomic E-state index is -4.67. The largest absolute Gasteiger partial charge is 0.508 e. The van der Waals surface area contributed by atoms with Crippen LogP contribution in [0.25, 0.3) is 0 Å². The minimum Gasteiger partial charge on any atom is -0.508 e. The van der Waals surface area contributed by atoms with Crippen LogP contribution in [-0.4, -0.2) is 127 Å². The third-order valence-electron chi connectivity index (χ3n) is 14.0. The molecule has 0 radical (unpaired) electrons. The SMILES string of the molecule is C[C@]12CC[C@@H]3c4ccc(O)cc4CC[C@H]3[C@@H]1CC[C@@]2(O)CCCNC(=O)c1ccc(N2CCN(C[C@H]3OC[C@H](Nc4cncc(C(F)(F)F)n4)[C@@H](O)[C@H]3O)CC2)nn1. The summed E-state index contributed by atoms with van der Waals surface area (Å²) in [5, 5.41) is 57.8. The number of hydrogen-bond acceptors (Lipinski definition) is 13. The molecule has 6 N–H and O–H groups in total. The van der Waals surface area contributed by atoms with Gasteiger partial charge in [0.15, 0.2) is 17.2 Å². The monoisotopic (exact) mass is 810 g/mol. The highest BCUT2D eigenvalue weighted by Crippen LogP contribution is 2.65. The number of aromatic hydroxyl groups is 1. The molecular weight excluding hydrogens is 757 g/mol. The summed E-state index contributed by atoms with van der Waals surface area (Å²) < 4.78 is 44.9. The number of alkyl halides is 3. The molecule has 5 aliphatic rings. The van der Waals surface area contributed by atoms with Crippen LogP contribution in [0.2, 0.25) is 0 Å². The molecule has 314 valence electrons. The number of hydrogen-bond donors (Lipinski definition) is 6. The number of aryl methyl sites for hydroxylation is 1. The maximum atomic E-state index is 13.0. The van der Waals surface area contributed by atoms with Gasteiger partial charge < -0.3 is 40.7 Å². The second-order valence-electron chi connectivity index (χ2n) is 17.1. The first-order chi connectivity index (χ1) is 27.7. The summed E-state index contributed by atoms with van der Waals surface area (Å²) in [5.41, 5.74) is 0.763. The zero-order valence-corrected chi connectivity index (χ0v) is 32.6. The number of amides is 1. The summed E-state index contributed by atoms with van der Waals surface area (Å²) in [6.07, 6.45) is 0.891. The average molecular weight is 811 g/mol. The fraction of sp³-hybridized carbons (Fsp3) is 0.634. The van der Waals surface area contributed by atoms with Gasteiger partial charge in [0, 0.05) is 39.3 Å². The first-order valence-corrected chi connectivity index (χ1v) is 20.5. The molecular formula is C41H53F3N8O6. The Morgan fingerprint density at radius 2 is 1.83 bits per heavy atom. The van der Waals surface area contributed by atoms with Gasteiger partial charge >= 0.3 is 6.18 Å². The number of aliphatic hydroxyl groups is 3. The molecule has 14 nitrogen and oxygen atoms in total. The Labute approximate surface area is 335 Å². The number of anilines is 2. The lowest BCUT2D eigenvalue weighted by molar-refractivity contribution is -0.147. The molecule has 0 bridgehead atoms. The van der Waals surface area contributed by atoms with E-state index in [1.807, 2.05) is 12.1 Å². The van der Waals surface area contributed by atoms with Gasteiger partial charge in [-0.2, -0.15) is 13.2 Å². The van der Waals surface area contributed by atoms with Crippen LogP contribution in [0.3, 0.4) is 0 Å². The number of aromatic nitrogens is 4. The van der Waals surface area contributed by atoms with E-state index in [1.165, 1.54) is 11.1 Å². The Balaban J connectivity index is 0.761. The molecule has 17 heteroatoms. The summed E-state index contributed by atoms with van der Waals surface area (Å²) >= 11 is 0. The van der Waals surface area contributed by atoms with Gasteiger partial charge in [0.05, 0.1) is 36.7 Å². The standard InChI is InChI=1S/C41H53F3N8O6/c1-39-12-9-27-26-6-4-25(53)19-24(26)3-5-28(27)29(39)10-13-40(39,57)11-2-14-46-38(56)30-7-8-35(50-49-30)52-17-15-51(16-18-52)22-32-37(55)36(54)31(23-58-32)47-34-21-45-20-33(48-34)41(42,43)44/h4,6-8,19-21,27-29,31-32,36-37,53-55,57H,2-3,5,9-18,22-23H2,1H3,(H,46,56)(H,47,48)/t27-,28-,29+,31+,32-,36-,37+,39+,40+/m1/s1. The lowest BCUT2D eigenvalue weighted by Crippen LogP contribution is -2.59. The van der Waals surface area contributed by atoms with Crippen molar-refractivity contribution in [2.45, 2.75) is 100 Å². The number of phenolic OH excluding ortho intramolecular Hbond substituents is 1. The lowest BCUT2D eigenvalue weighted by Gasteiger charge is -2.53. The van der Waals surface area contributed by atoms with Crippen molar-refractivity contribution in [3.05, 3.63) is 65.2 Å². The number of carbonyl (C=O) groups excluding carboxylic acids is 1. The van der Waals surface area contributed by atoms with Gasteiger partial charge in [-0.25, -0.2) is 4.98 Å². The van der Waals surface area contributed by atoms with Crippen LogP contribution >= 0.6 is 0 Å². The third kappa shape index (κ3) is 7.95. The molecule has 2 saturated carbocycles. The van der Waals surface area contributed by atoms with Crippen LogP contribution in [0.1, 0.15) is 85.1 Å². The number of nitrogens with one attached hydrogen (secondary N) is 2. The van der Waals surface area contributed by atoms with Gasteiger partial charge in [0.2, 0.25) is 0 Å². The molecule has 58 heavy (non-hydrogen) atoms. The third-order valence-corrected chi connectivity index (χ3v) is 14.0. The number of nitrogens with zero attached hydrogens (tertiary/aromatic N) is 6. The lowest BCUT2D eigenvalue weighted by atomic mass is 9.53. The van der Waals surface area contributed by atoms with Crippen molar-refractivity contribution in [1.29, 1.82) is 0 Å². The Kier molecular flexibility index (Phi) is 11.3. The summed E-state index contributed by atoms with van der Waals surface area (Å²) in [5.74, 6) is 1.95. The number of aliphatic hydroxyl groups excluding tert-OH is 2.